The van der Waals surface area contributed by atoms with Crippen LogP contribution in [-0.4, -0.2) is 46.0 Å². The Bertz CT molecular complexity index is 1030. The molecule has 7 heteroatoms. The van der Waals surface area contributed by atoms with Gasteiger partial charge in [0.25, 0.3) is 0 Å². The first-order valence-corrected chi connectivity index (χ1v) is 10.6. The van der Waals surface area contributed by atoms with E-state index in [0.717, 1.165) is 42.6 Å². The van der Waals surface area contributed by atoms with Crippen LogP contribution in [0.3, 0.4) is 0 Å². The molecule has 31 heavy (non-hydrogen) atoms. The summed E-state index contributed by atoms with van der Waals surface area (Å²) >= 11 is 0. The summed E-state index contributed by atoms with van der Waals surface area (Å²) in [6.07, 6.45) is 1.82. The molecule has 1 aliphatic heterocycles. The largest absolute Gasteiger partial charge is 0.337 e. The summed E-state index contributed by atoms with van der Waals surface area (Å²) in [5.41, 5.74) is 3.07. The number of benzene rings is 2. The smallest absolute Gasteiger partial charge is 0.246 e. The van der Waals surface area contributed by atoms with Crippen LogP contribution in [0.25, 0.3) is 11.4 Å². The van der Waals surface area contributed by atoms with E-state index < -0.39 is 0 Å². The highest BCUT2D eigenvalue weighted by atomic mass is 19.1. The van der Waals surface area contributed by atoms with Gasteiger partial charge < -0.3 is 9.42 Å². The minimum Gasteiger partial charge on any atom is -0.337 e. The summed E-state index contributed by atoms with van der Waals surface area (Å²) in [6.45, 7) is 4.65. The van der Waals surface area contributed by atoms with Gasteiger partial charge in [0, 0.05) is 25.7 Å². The number of carbonyl (C=O) groups excluding carboxylic acids is 1. The SMILES string of the molecule is Cc1cccc(-c2noc(CN(C)C(=O)[C@H]3CCCN(Cc4ccc(F)cc4)C3)n2)c1. The van der Waals surface area contributed by atoms with Crippen molar-refractivity contribution in [1.82, 2.24) is 19.9 Å². The fourth-order valence-electron chi connectivity index (χ4n) is 4.06. The summed E-state index contributed by atoms with van der Waals surface area (Å²) in [4.78, 5) is 21.4. The van der Waals surface area contributed by atoms with Gasteiger partial charge in [-0.15, -0.1) is 0 Å². The molecule has 3 aromatic rings. The van der Waals surface area contributed by atoms with Gasteiger partial charge in [0.05, 0.1) is 12.5 Å². The third-order valence-corrected chi connectivity index (χ3v) is 5.67. The highest BCUT2D eigenvalue weighted by molar-refractivity contribution is 5.78. The Labute approximate surface area is 181 Å². The van der Waals surface area contributed by atoms with Crippen molar-refractivity contribution in [3.63, 3.8) is 0 Å². The Morgan fingerprint density at radius 3 is 2.84 bits per heavy atom. The molecular formula is C24H27FN4O2. The van der Waals surface area contributed by atoms with Crippen molar-refractivity contribution in [2.24, 2.45) is 5.92 Å². The van der Waals surface area contributed by atoms with Crippen LogP contribution in [0, 0.1) is 18.7 Å². The van der Waals surface area contributed by atoms with Gasteiger partial charge in [-0.25, -0.2) is 4.39 Å². The first-order chi connectivity index (χ1) is 15.0. The predicted octanol–water partition coefficient (Wildman–Crippen LogP) is 4.05. The lowest BCUT2D eigenvalue weighted by Crippen LogP contribution is -2.43. The van der Waals surface area contributed by atoms with Crippen molar-refractivity contribution in [3.05, 3.63) is 71.4 Å². The predicted molar refractivity (Wildman–Crippen MR) is 115 cm³/mol. The fraction of sp³-hybridized carbons (Fsp3) is 0.375. The van der Waals surface area contributed by atoms with Gasteiger partial charge in [-0.05, 0) is 50.1 Å². The van der Waals surface area contributed by atoms with E-state index in [1.165, 1.54) is 12.1 Å². The van der Waals surface area contributed by atoms with Crippen molar-refractivity contribution in [2.45, 2.75) is 32.9 Å². The van der Waals surface area contributed by atoms with Crippen LogP contribution in [0.4, 0.5) is 4.39 Å². The molecule has 2 aromatic carbocycles. The lowest BCUT2D eigenvalue weighted by molar-refractivity contribution is -0.137. The maximum absolute atomic E-state index is 13.1. The second-order valence-electron chi connectivity index (χ2n) is 8.28. The van der Waals surface area contributed by atoms with Crippen molar-refractivity contribution < 1.29 is 13.7 Å². The summed E-state index contributed by atoms with van der Waals surface area (Å²) < 4.78 is 18.5. The molecule has 1 aromatic heterocycles. The molecule has 0 unspecified atom stereocenters. The zero-order valence-electron chi connectivity index (χ0n) is 17.9. The fourth-order valence-corrected chi connectivity index (χ4v) is 4.06. The molecule has 1 amide bonds. The van der Waals surface area contributed by atoms with E-state index in [0.29, 0.717) is 18.3 Å². The third kappa shape index (κ3) is 5.35. The van der Waals surface area contributed by atoms with E-state index in [2.05, 4.69) is 15.0 Å². The number of likely N-dealkylation sites (tertiary alicyclic amines) is 1. The Morgan fingerprint density at radius 1 is 1.26 bits per heavy atom. The molecule has 1 saturated heterocycles. The van der Waals surface area contributed by atoms with Crippen LogP contribution in [-0.2, 0) is 17.9 Å². The molecule has 1 fully saturated rings. The van der Waals surface area contributed by atoms with Crippen molar-refractivity contribution in [1.29, 1.82) is 0 Å². The lowest BCUT2D eigenvalue weighted by Gasteiger charge is -2.33. The van der Waals surface area contributed by atoms with Crippen LogP contribution >= 0.6 is 0 Å². The number of aromatic nitrogens is 2. The highest BCUT2D eigenvalue weighted by Gasteiger charge is 2.28. The number of aryl methyl sites for hydroxylation is 1. The molecule has 1 aliphatic rings. The van der Waals surface area contributed by atoms with Gasteiger partial charge in [0.1, 0.15) is 5.82 Å². The summed E-state index contributed by atoms with van der Waals surface area (Å²) in [5, 5.41) is 4.06. The van der Waals surface area contributed by atoms with Crippen LogP contribution in [0.5, 0.6) is 0 Å². The topological polar surface area (TPSA) is 62.5 Å². The van der Waals surface area contributed by atoms with Gasteiger partial charge in [0.2, 0.25) is 17.6 Å². The standard InChI is InChI=1S/C24H27FN4O2/c1-17-5-3-6-19(13-17)23-26-22(31-27-23)16-28(2)24(30)20-7-4-12-29(15-20)14-18-8-10-21(25)11-9-18/h3,5-6,8-11,13,20H,4,7,12,14-16H2,1-2H3/t20-/m0/s1. The molecule has 4 rings (SSSR count). The van der Waals surface area contributed by atoms with Gasteiger partial charge in [0.15, 0.2) is 0 Å². The number of amides is 1. The second-order valence-corrected chi connectivity index (χ2v) is 8.28. The number of halogens is 1. The van der Waals surface area contributed by atoms with E-state index >= 15 is 0 Å². The van der Waals surface area contributed by atoms with E-state index in [9.17, 15) is 9.18 Å². The summed E-state index contributed by atoms with van der Waals surface area (Å²) in [5.74, 6) is 0.732. The van der Waals surface area contributed by atoms with Gasteiger partial charge in [-0.2, -0.15) is 4.98 Å². The van der Waals surface area contributed by atoms with E-state index in [1.54, 1.807) is 24.1 Å². The van der Waals surface area contributed by atoms with Gasteiger partial charge in [-0.3, -0.25) is 9.69 Å². The first kappa shape index (κ1) is 21.2. The van der Waals surface area contributed by atoms with Gasteiger partial charge in [-0.1, -0.05) is 41.1 Å². The molecular weight excluding hydrogens is 395 g/mol. The van der Waals surface area contributed by atoms with Crippen LogP contribution in [0.2, 0.25) is 0 Å². The molecule has 0 N–H and O–H groups in total. The average Bonchev–Trinajstić information content (AvgIpc) is 3.23. The number of carbonyl (C=O) groups is 1. The molecule has 0 aliphatic carbocycles. The molecule has 2 heterocycles. The minimum atomic E-state index is -0.233. The lowest BCUT2D eigenvalue weighted by atomic mass is 9.96. The molecule has 0 saturated carbocycles. The number of nitrogens with zero attached hydrogens (tertiary/aromatic N) is 4. The number of hydrogen-bond acceptors (Lipinski definition) is 5. The second kappa shape index (κ2) is 9.39. The van der Waals surface area contributed by atoms with Crippen LogP contribution in [0.15, 0.2) is 53.1 Å². The molecule has 0 spiro atoms. The number of rotatable bonds is 6. The Balaban J connectivity index is 1.35. The Morgan fingerprint density at radius 2 is 2.06 bits per heavy atom. The maximum atomic E-state index is 13.1. The van der Waals surface area contributed by atoms with Crippen molar-refractivity contribution >= 4 is 5.91 Å². The first-order valence-electron chi connectivity index (χ1n) is 10.6. The quantitative estimate of drug-likeness (QED) is 0.600. The molecule has 0 radical (unpaired) electrons. The Kier molecular flexibility index (Phi) is 6.42. The molecule has 0 bridgehead atoms. The molecule has 1 atom stereocenters. The van der Waals surface area contributed by atoms with Crippen molar-refractivity contribution in [2.75, 3.05) is 20.1 Å². The zero-order chi connectivity index (χ0) is 21.8. The Hall–Kier alpha value is -3.06. The van der Waals surface area contributed by atoms with E-state index in [1.807, 2.05) is 31.2 Å². The highest BCUT2D eigenvalue weighted by Crippen LogP contribution is 2.22. The van der Waals surface area contributed by atoms with E-state index in [4.69, 9.17) is 4.52 Å². The summed E-state index contributed by atoms with van der Waals surface area (Å²) in [7, 11) is 1.78. The minimum absolute atomic E-state index is 0.0710. The molecule has 6 nitrogen and oxygen atoms in total. The zero-order valence-corrected chi connectivity index (χ0v) is 17.9. The number of piperidine rings is 1. The monoisotopic (exact) mass is 422 g/mol. The van der Waals surface area contributed by atoms with E-state index in [-0.39, 0.29) is 24.2 Å². The average molecular weight is 423 g/mol. The summed E-state index contributed by atoms with van der Waals surface area (Å²) in [6, 6.07) is 14.5. The third-order valence-electron chi connectivity index (χ3n) is 5.67. The van der Waals surface area contributed by atoms with Crippen LogP contribution in [0.1, 0.15) is 29.9 Å². The normalized spacial score (nSPS) is 16.9. The number of hydrogen-bond donors (Lipinski definition) is 0. The molecule has 162 valence electrons. The maximum Gasteiger partial charge on any atom is 0.246 e. The van der Waals surface area contributed by atoms with Gasteiger partial charge >= 0.3 is 0 Å². The van der Waals surface area contributed by atoms with Crippen LogP contribution < -0.4 is 0 Å². The van der Waals surface area contributed by atoms with Crippen molar-refractivity contribution in [3.8, 4) is 11.4 Å².